The van der Waals surface area contributed by atoms with E-state index in [4.69, 9.17) is 18.9 Å². The molecule has 4 aromatic rings. The molecular weight excluding hydrogens is 496 g/mol. The highest BCUT2D eigenvalue weighted by molar-refractivity contribution is 7.89. The molecule has 0 fully saturated rings. The minimum atomic E-state index is -4.05. The molecule has 9 nitrogen and oxygen atoms in total. The summed E-state index contributed by atoms with van der Waals surface area (Å²) in [6.07, 6.45) is 0. The van der Waals surface area contributed by atoms with Crippen molar-refractivity contribution in [2.75, 3.05) is 20.0 Å². The fourth-order valence-electron chi connectivity index (χ4n) is 4.47. The van der Waals surface area contributed by atoms with Crippen LogP contribution in [0.25, 0.3) is 10.9 Å². The van der Waals surface area contributed by atoms with Gasteiger partial charge in [0, 0.05) is 30.2 Å². The van der Waals surface area contributed by atoms with Crippen molar-refractivity contribution in [1.82, 2.24) is 9.29 Å². The zero-order chi connectivity index (χ0) is 25.6. The lowest BCUT2D eigenvalue weighted by Gasteiger charge is -2.24. The first kappa shape index (κ1) is 23.4. The lowest BCUT2D eigenvalue weighted by molar-refractivity contribution is 0.171. The van der Waals surface area contributed by atoms with Gasteiger partial charge in [-0.05, 0) is 59.8 Å². The third-order valence-corrected chi connectivity index (χ3v) is 8.16. The number of H-pyrrole nitrogens is 1. The largest absolute Gasteiger partial charge is 0.486 e. The van der Waals surface area contributed by atoms with Gasteiger partial charge < -0.3 is 23.9 Å². The molecule has 3 aromatic carbocycles. The number of hydrogen-bond acceptors (Lipinski definition) is 7. The Kier molecular flexibility index (Phi) is 5.77. The first-order valence-electron chi connectivity index (χ1n) is 11.8. The molecule has 1 N–H and O–H groups in total. The first-order chi connectivity index (χ1) is 17.9. The van der Waals surface area contributed by atoms with Crippen LogP contribution in [-0.4, -0.2) is 37.7 Å². The molecule has 37 heavy (non-hydrogen) atoms. The molecule has 0 unspecified atom stereocenters. The summed E-state index contributed by atoms with van der Waals surface area (Å²) in [6, 6.07) is 17.3. The van der Waals surface area contributed by atoms with E-state index in [0.717, 1.165) is 10.9 Å². The lowest BCUT2D eigenvalue weighted by Crippen LogP contribution is -2.32. The molecule has 2 aliphatic rings. The normalized spacial score (nSPS) is 14.3. The van der Waals surface area contributed by atoms with Gasteiger partial charge in [-0.3, -0.25) is 4.79 Å². The maximum Gasteiger partial charge on any atom is 0.252 e. The summed E-state index contributed by atoms with van der Waals surface area (Å²) in [4.78, 5) is 15.9. The third kappa shape index (κ3) is 4.49. The maximum absolute atomic E-state index is 13.9. The summed E-state index contributed by atoms with van der Waals surface area (Å²) in [5.74, 6) is 2.02. The first-order valence-corrected chi connectivity index (χ1v) is 13.2. The average molecular weight is 521 g/mol. The molecule has 0 spiro atoms. The van der Waals surface area contributed by atoms with Gasteiger partial charge >= 0.3 is 0 Å². The molecule has 0 atom stereocenters. The quantitative estimate of drug-likeness (QED) is 0.413. The van der Waals surface area contributed by atoms with Gasteiger partial charge in [0.25, 0.3) is 5.56 Å². The highest BCUT2D eigenvalue weighted by Crippen LogP contribution is 2.35. The number of nitrogens with zero attached hydrogens (tertiary/aromatic N) is 1. The number of sulfonamides is 1. The van der Waals surface area contributed by atoms with Gasteiger partial charge in [0.15, 0.2) is 23.0 Å². The predicted molar refractivity (Wildman–Crippen MR) is 136 cm³/mol. The number of pyridine rings is 1. The molecule has 3 heterocycles. The topological polar surface area (TPSA) is 107 Å². The molecule has 6 rings (SSSR count). The fourth-order valence-corrected chi connectivity index (χ4v) is 5.89. The number of hydrogen-bond donors (Lipinski definition) is 1. The van der Waals surface area contributed by atoms with E-state index in [2.05, 4.69) is 4.98 Å². The second-order valence-corrected chi connectivity index (χ2v) is 10.9. The minimum Gasteiger partial charge on any atom is -0.486 e. The second kappa shape index (κ2) is 9.13. The van der Waals surface area contributed by atoms with E-state index in [1.165, 1.54) is 16.4 Å². The van der Waals surface area contributed by atoms with E-state index in [1.54, 1.807) is 30.3 Å². The summed E-state index contributed by atoms with van der Waals surface area (Å²) >= 11 is 0. The van der Waals surface area contributed by atoms with Crippen LogP contribution in [0, 0.1) is 6.92 Å². The van der Waals surface area contributed by atoms with Crippen LogP contribution in [0.5, 0.6) is 23.0 Å². The Morgan fingerprint density at radius 2 is 1.54 bits per heavy atom. The SMILES string of the molecule is Cc1ccc2cc(CN(Cc3ccc4c(c3)OCO4)S(=O)(=O)c3ccc4c(c3)OCCO4)c(=O)[nH]c2c1. The molecule has 0 saturated carbocycles. The molecule has 10 heteroatoms. The Balaban J connectivity index is 1.41. The molecule has 0 saturated heterocycles. The molecule has 1 aromatic heterocycles. The Morgan fingerprint density at radius 1 is 0.811 bits per heavy atom. The Hall–Kier alpha value is -4.02. The smallest absolute Gasteiger partial charge is 0.252 e. The number of rotatable bonds is 6. The average Bonchev–Trinajstić information content (AvgIpc) is 3.36. The van der Waals surface area contributed by atoms with Crippen molar-refractivity contribution in [2.24, 2.45) is 0 Å². The van der Waals surface area contributed by atoms with Crippen LogP contribution in [0.2, 0.25) is 0 Å². The minimum absolute atomic E-state index is 0.0127. The summed E-state index contributed by atoms with van der Waals surface area (Å²) in [7, 11) is -4.05. The second-order valence-electron chi connectivity index (χ2n) is 8.98. The van der Waals surface area contributed by atoms with Gasteiger partial charge in [-0.1, -0.05) is 18.2 Å². The van der Waals surface area contributed by atoms with Crippen molar-refractivity contribution in [2.45, 2.75) is 24.9 Å². The molecule has 190 valence electrons. The zero-order valence-corrected chi connectivity index (χ0v) is 20.8. The number of aromatic amines is 1. The van der Waals surface area contributed by atoms with Crippen molar-refractivity contribution in [3.8, 4) is 23.0 Å². The van der Waals surface area contributed by atoms with Crippen molar-refractivity contribution in [3.63, 3.8) is 0 Å². The molecule has 0 aliphatic carbocycles. The number of ether oxygens (including phenoxy) is 4. The van der Waals surface area contributed by atoms with E-state index in [1.807, 2.05) is 25.1 Å². The number of nitrogens with one attached hydrogen (secondary N) is 1. The Labute approximate surface area is 213 Å². The van der Waals surface area contributed by atoms with E-state index in [9.17, 15) is 13.2 Å². The van der Waals surface area contributed by atoms with E-state index in [-0.39, 0.29) is 30.3 Å². The summed E-state index contributed by atoms with van der Waals surface area (Å²) in [5, 5.41) is 0.819. The van der Waals surface area contributed by atoms with E-state index < -0.39 is 10.0 Å². The van der Waals surface area contributed by atoms with Crippen molar-refractivity contribution in [3.05, 3.63) is 87.7 Å². The van der Waals surface area contributed by atoms with Crippen LogP contribution < -0.4 is 24.5 Å². The van der Waals surface area contributed by atoms with Gasteiger partial charge in [0.2, 0.25) is 16.8 Å². The Morgan fingerprint density at radius 3 is 2.41 bits per heavy atom. The van der Waals surface area contributed by atoms with Crippen LogP contribution in [0.15, 0.2) is 70.4 Å². The maximum atomic E-state index is 13.9. The van der Waals surface area contributed by atoms with Crippen molar-refractivity contribution >= 4 is 20.9 Å². The molecule has 0 bridgehead atoms. The number of fused-ring (bicyclic) bond motifs is 3. The summed E-state index contributed by atoms with van der Waals surface area (Å²) in [5.41, 5.74) is 2.40. The number of aryl methyl sites for hydroxylation is 1. The van der Waals surface area contributed by atoms with Crippen LogP contribution in [0.4, 0.5) is 0 Å². The highest BCUT2D eigenvalue weighted by atomic mass is 32.2. The van der Waals surface area contributed by atoms with Crippen molar-refractivity contribution < 1.29 is 27.4 Å². The monoisotopic (exact) mass is 520 g/mol. The Bertz CT molecular complexity index is 1680. The van der Waals surface area contributed by atoms with Crippen LogP contribution in [0.1, 0.15) is 16.7 Å². The highest BCUT2D eigenvalue weighted by Gasteiger charge is 2.28. The zero-order valence-electron chi connectivity index (χ0n) is 20.0. The van der Waals surface area contributed by atoms with E-state index in [0.29, 0.717) is 52.9 Å². The number of benzene rings is 3. The lowest BCUT2D eigenvalue weighted by atomic mass is 10.1. The van der Waals surface area contributed by atoms with Gasteiger partial charge in [-0.25, -0.2) is 8.42 Å². The summed E-state index contributed by atoms with van der Waals surface area (Å²) in [6.45, 7) is 2.68. The van der Waals surface area contributed by atoms with Gasteiger partial charge in [-0.15, -0.1) is 0 Å². The predicted octanol–water partition coefficient (Wildman–Crippen LogP) is 3.73. The third-order valence-electron chi connectivity index (χ3n) is 6.37. The van der Waals surface area contributed by atoms with Gasteiger partial charge in [0.05, 0.1) is 4.90 Å². The van der Waals surface area contributed by atoms with Crippen LogP contribution in [0.3, 0.4) is 0 Å². The number of aromatic nitrogens is 1. The van der Waals surface area contributed by atoms with Crippen molar-refractivity contribution in [1.29, 1.82) is 0 Å². The molecule has 2 aliphatic heterocycles. The molecule has 0 radical (unpaired) electrons. The standard InChI is InChI=1S/C27H24N2O7S/c1-17-2-4-19-12-20(27(30)28-22(19)10-17)15-29(14-18-3-6-24-25(11-18)36-16-35-24)37(31,32)21-5-7-23-26(13-21)34-9-8-33-23/h2-7,10-13H,8-9,14-16H2,1H3,(H,28,30). The van der Waals surface area contributed by atoms with E-state index >= 15 is 0 Å². The summed E-state index contributed by atoms with van der Waals surface area (Å²) < 4.78 is 51.2. The van der Waals surface area contributed by atoms with Gasteiger partial charge in [-0.2, -0.15) is 4.31 Å². The van der Waals surface area contributed by atoms with Crippen LogP contribution in [-0.2, 0) is 23.1 Å². The van der Waals surface area contributed by atoms with Crippen LogP contribution >= 0.6 is 0 Å². The molecule has 0 amide bonds. The molecular formula is C27H24N2O7S. The van der Waals surface area contributed by atoms with Gasteiger partial charge in [0.1, 0.15) is 13.2 Å². The fraction of sp³-hybridized carbons (Fsp3) is 0.222.